The molecule has 0 aliphatic carbocycles. The Bertz CT molecular complexity index is 1210. The summed E-state index contributed by atoms with van der Waals surface area (Å²) in [6, 6.07) is 12.5. The molecule has 170 valence electrons. The van der Waals surface area contributed by atoms with Crippen molar-refractivity contribution < 1.29 is 22.6 Å². The molecule has 32 heavy (non-hydrogen) atoms. The lowest BCUT2D eigenvalue weighted by molar-refractivity contribution is 0.343. The number of rotatable bonds is 7. The van der Waals surface area contributed by atoms with Crippen LogP contribution in [0.25, 0.3) is 10.9 Å². The van der Waals surface area contributed by atoms with Gasteiger partial charge in [-0.05, 0) is 43.3 Å². The molecule has 0 radical (unpaired) electrons. The molecular formula is C23H27N3O5S. The zero-order valence-electron chi connectivity index (χ0n) is 18.4. The van der Waals surface area contributed by atoms with Crippen LogP contribution in [0.4, 0.5) is 5.69 Å². The fraction of sp³-hybridized carbons (Fsp3) is 0.348. The quantitative estimate of drug-likeness (QED) is 0.539. The summed E-state index contributed by atoms with van der Waals surface area (Å²) in [7, 11) is -0.468. The van der Waals surface area contributed by atoms with Crippen LogP contribution in [0.2, 0.25) is 0 Å². The van der Waals surface area contributed by atoms with Crippen LogP contribution in [0.3, 0.4) is 0 Å². The van der Waals surface area contributed by atoms with Gasteiger partial charge in [0.2, 0.25) is 10.0 Å². The molecule has 8 nitrogen and oxygen atoms in total. The molecule has 1 aromatic heterocycles. The molecule has 0 amide bonds. The van der Waals surface area contributed by atoms with E-state index in [-0.39, 0.29) is 4.90 Å². The van der Waals surface area contributed by atoms with Gasteiger partial charge in [-0.15, -0.1) is 0 Å². The minimum Gasteiger partial charge on any atom is -0.497 e. The van der Waals surface area contributed by atoms with Crippen LogP contribution in [-0.2, 0) is 10.0 Å². The second-order valence-corrected chi connectivity index (χ2v) is 9.23. The Labute approximate surface area is 188 Å². The number of nitrogens with zero attached hydrogens (tertiary/aromatic N) is 3. The zero-order chi connectivity index (χ0) is 22.7. The number of sulfonamides is 1. The summed E-state index contributed by atoms with van der Waals surface area (Å²) in [4.78, 5) is 6.74. The van der Waals surface area contributed by atoms with E-state index in [2.05, 4.69) is 9.88 Å². The first-order valence-electron chi connectivity index (χ1n) is 10.5. The molecule has 1 aliphatic rings. The fourth-order valence-electron chi connectivity index (χ4n) is 3.97. The van der Waals surface area contributed by atoms with E-state index in [1.807, 2.05) is 25.1 Å². The zero-order valence-corrected chi connectivity index (χ0v) is 19.3. The van der Waals surface area contributed by atoms with Crippen LogP contribution in [0.5, 0.6) is 17.2 Å². The molecule has 0 spiro atoms. The largest absolute Gasteiger partial charge is 0.497 e. The van der Waals surface area contributed by atoms with Crippen LogP contribution in [0, 0.1) is 0 Å². The molecule has 2 aromatic carbocycles. The molecule has 0 N–H and O–H groups in total. The van der Waals surface area contributed by atoms with Gasteiger partial charge in [0.15, 0.2) is 0 Å². The van der Waals surface area contributed by atoms with Crippen molar-refractivity contribution in [3.63, 3.8) is 0 Å². The summed E-state index contributed by atoms with van der Waals surface area (Å²) < 4.78 is 45.0. The number of methoxy groups -OCH3 is 2. The Kier molecular flexibility index (Phi) is 6.38. The third kappa shape index (κ3) is 4.05. The minimum atomic E-state index is -3.69. The highest BCUT2D eigenvalue weighted by Crippen LogP contribution is 2.35. The average molecular weight is 458 g/mol. The first-order valence-corrected chi connectivity index (χ1v) is 11.9. The van der Waals surface area contributed by atoms with Crippen LogP contribution >= 0.6 is 0 Å². The number of anilines is 1. The van der Waals surface area contributed by atoms with Gasteiger partial charge in [-0.25, -0.2) is 8.42 Å². The number of ether oxygens (including phenoxy) is 3. The normalized spacial score (nSPS) is 15.0. The predicted octanol–water partition coefficient (Wildman–Crippen LogP) is 3.16. The Balaban J connectivity index is 1.59. The molecule has 9 heteroatoms. The van der Waals surface area contributed by atoms with Gasteiger partial charge in [-0.1, -0.05) is 0 Å². The smallest absolute Gasteiger partial charge is 0.243 e. The molecule has 1 aliphatic heterocycles. The minimum absolute atomic E-state index is 0.250. The fourth-order valence-corrected chi connectivity index (χ4v) is 5.58. The van der Waals surface area contributed by atoms with Gasteiger partial charge < -0.3 is 19.1 Å². The van der Waals surface area contributed by atoms with Crippen LogP contribution < -0.4 is 19.1 Å². The van der Waals surface area contributed by atoms with Gasteiger partial charge >= 0.3 is 0 Å². The number of pyridine rings is 1. The number of hydrogen-bond donors (Lipinski definition) is 0. The monoisotopic (exact) mass is 457 g/mol. The molecule has 1 saturated heterocycles. The van der Waals surface area contributed by atoms with Crippen LogP contribution in [0.15, 0.2) is 53.6 Å². The number of benzene rings is 2. The lowest BCUT2D eigenvalue weighted by Crippen LogP contribution is -2.48. The summed E-state index contributed by atoms with van der Waals surface area (Å²) in [5.74, 6) is 1.99. The van der Waals surface area contributed by atoms with Crippen molar-refractivity contribution in [2.45, 2.75) is 11.8 Å². The molecule has 4 rings (SSSR count). The van der Waals surface area contributed by atoms with Crippen LogP contribution in [-0.4, -0.2) is 64.7 Å². The molecule has 0 atom stereocenters. The van der Waals surface area contributed by atoms with Crippen molar-refractivity contribution in [2.24, 2.45) is 0 Å². The maximum absolute atomic E-state index is 13.5. The van der Waals surface area contributed by atoms with Crippen LogP contribution in [0.1, 0.15) is 6.92 Å². The van der Waals surface area contributed by atoms with E-state index in [0.717, 1.165) is 5.69 Å². The maximum Gasteiger partial charge on any atom is 0.243 e. The number of aromatic nitrogens is 1. The summed E-state index contributed by atoms with van der Waals surface area (Å²) in [6.45, 7) is 4.20. The lowest BCUT2D eigenvalue weighted by atomic mass is 10.2. The second-order valence-electron chi connectivity index (χ2n) is 7.32. The second kappa shape index (κ2) is 9.22. The number of fused-ring (bicyclic) bond motifs is 1. The summed E-state index contributed by atoms with van der Waals surface area (Å²) in [5.41, 5.74) is 1.47. The van der Waals surface area contributed by atoms with Gasteiger partial charge in [0.25, 0.3) is 0 Å². The van der Waals surface area contributed by atoms with E-state index < -0.39 is 10.0 Å². The van der Waals surface area contributed by atoms with Crippen molar-refractivity contribution in [1.82, 2.24) is 9.29 Å². The highest BCUT2D eigenvalue weighted by Gasteiger charge is 2.31. The van der Waals surface area contributed by atoms with Crippen molar-refractivity contribution in [1.29, 1.82) is 0 Å². The summed E-state index contributed by atoms with van der Waals surface area (Å²) in [6.07, 6.45) is 1.64. The third-order valence-corrected chi connectivity index (χ3v) is 7.53. The van der Waals surface area contributed by atoms with Crippen molar-refractivity contribution >= 4 is 26.6 Å². The van der Waals surface area contributed by atoms with E-state index in [1.54, 1.807) is 44.7 Å². The highest BCUT2D eigenvalue weighted by atomic mass is 32.2. The molecule has 0 saturated carbocycles. The van der Waals surface area contributed by atoms with Gasteiger partial charge in [0, 0.05) is 43.8 Å². The average Bonchev–Trinajstić information content (AvgIpc) is 2.84. The molecule has 3 aromatic rings. The Morgan fingerprint density at radius 2 is 1.75 bits per heavy atom. The summed E-state index contributed by atoms with van der Waals surface area (Å²) >= 11 is 0. The van der Waals surface area contributed by atoms with Crippen molar-refractivity contribution in [3.8, 4) is 17.2 Å². The topological polar surface area (TPSA) is 81.2 Å². The van der Waals surface area contributed by atoms with E-state index in [0.29, 0.717) is 60.9 Å². The van der Waals surface area contributed by atoms with E-state index >= 15 is 0 Å². The van der Waals surface area contributed by atoms with E-state index in [1.165, 1.54) is 4.31 Å². The van der Waals surface area contributed by atoms with Crippen molar-refractivity contribution in [3.05, 3.63) is 48.7 Å². The standard InChI is InChI=1S/C23H27N3O5S/c1-4-31-20-9-10-22(18-6-5-11-24-23(18)20)32(27,28)26-14-12-25(13-15-26)19-8-7-17(29-2)16-21(19)30-3/h5-11,16H,4,12-15H2,1-3H3. The van der Waals surface area contributed by atoms with E-state index in [9.17, 15) is 8.42 Å². The highest BCUT2D eigenvalue weighted by molar-refractivity contribution is 7.89. The Hall–Kier alpha value is -3.04. The molecule has 0 bridgehead atoms. The number of hydrogen-bond acceptors (Lipinski definition) is 7. The first kappa shape index (κ1) is 22.2. The SMILES string of the molecule is CCOc1ccc(S(=O)(=O)N2CCN(c3ccc(OC)cc3OC)CC2)c2cccnc12. The van der Waals surface area contributed by atoms with Gasteiger partial charge in [-0.2, -0.15) is 4.31 Å². The third-order valence-electron chi connectivity index (χ3n) is 5.58. The Morgan fingerprint density at radius 3 is 2.44 bits per heavy atom. The molecule has 2 heterocycles. The first-order chi connectivity index (χ1) is 15.5. The lowest BCUT2D eigenvalue weighted by Gasteiger charge is -2.36. The van der Waals surface area contributed by atoms with Gasteiger partial charge in [-0.3, -0.25) is 4.98 Å². The molecule has 0 unspecified atom stereocenters. The number of piperazine rings is 1. The molecular weight excluding hydrogens is 430 g/mol. The maximum atomic E-state index is 13.5. The van der Waals surface area contributed by atoms with Crippen molar-refractivity contribution in [2.75, 3.05) is 51.9 Å². The Morgan fingerprint density at radius 1 is 0.969 bits per heavy atom. The van der Waals surface area contributed by atoms with Gasteiger partial charge in [0.05, 0.1) is 31.4 Å². The molecule has 1 fully saturated rings. The summed E-state index contributed by atoms with van der Waals surface area (Å²) in [5, 5.41) is 0.567. The van der Waals surface area contributed by atoms with Gasteiger partial charge in [0.1, 0.15) is 22.8 Å². The predicted molar refractivity (Wildman–Crippen MR) is 123 cm³/mol. The van der Waals surface area contributed by atoms with E-state index in [4.69, 9.17) is 14.2 Å².